The maximum Gasteiger partial charge on any atom is 0.573 e. The van der Waals surface area contributed by atoms with Gasteiger partial charge in [-0.25, -0.2) is 9.97 Å². The van der Waals surface area contributed by atoms with E-state index in [0.717, 1.165) is 37.1 Å². The summed E-state index contributed by atoms with van der Waals surface area (Å²) in [7, 11) is 0. The molecule has 1 saturated carbocycles. The van der Waals surface area contributed by atoms with Crippen LogP contribution in [0.2, 0.25) is 0 Å². The third kappa shape index (κ3) is 6.03. The second-order valence-electron chi connectivity index (χ2n) is 8.60. The first-order chi connectivity index (χ1) is 15.8. The average Bonchev–Trinajstić information content (AvgIpc) is 3.13. The van der Waals surface area contributed by atoms with Crippen molar-refractivity contribution in [1.82, 2.24) is 19.9 Å². The zero-order valence-corrected chi connectivity index (χ0v) is 18.4. The van der Waals surface area contributed by atoms with Crippen LogP contribution in [0.5, 0.6) is 5.75 Å². The summed E-state index contributed by atoms with van der Waals surface area (Å²) in [5, 5.41) is 3.15. The molecule has 4 rings (SSSR count). The Bertz CT molecular complexity index is 1090. The molecule has 1 N–H and O–H groups in total. The van der Waals surface area contributed by atoms with E-state index in [1.807, 2.05) is 17.6 Å². The van der Waals surface area contributed by atoms with Crippen LogP contribution in [0.15, 0.2) is 42.6 Å². The van der Waals surface area contributed by atoms with E-state index in [-0.39, 0.29) is 23.6 Å². The molecule has 1 unspecified atom stereocenters. The summed E-state index contributed by atoms with van der Waals surface area (Å²) < 4.78 is 43.2. The molecule has 2 aromatic heterocycles. The summed E-state index contributed by atoms with van der Waals surface area (Å²) >= 11 is 0. The van der Waals surface area contributed by atoms with E-state index < -0.39 is 6.36 Å². The van der Waals surface area contributed by atoms with Gasteiger partial charge in [0.05, 0.1) is 6.54 Å². The van der Waals surface area contributed by atoms with Crippen LogP contribution < -0.4 is 10.1 Å². The van der Waals surface area contributed by atoms with Gasteiger partial charge in [-0.15, -0.1) is 13.2 Å². The first-order valence-corrected chi connectivity index (χ1v) is 11.2. The van der Waals surface area contributed by atoms with Gasteiger partial charge in [0, 0.05) is 24.6 Å². The monoisotopic (exact) mass is 460 g/mol. The molecule has 176 valence electrons. The molecule has 0 spiro atoms. The standard InChI is InChI=1S/C24H27F3N4O2/c1-16(14-21(32)29-18-6-3-2-4-7-18)22-30-20-8-5-13-28-23(20)31(22)15-17-9-11-19(12-10-17)33-24(25,26)27/h5,8-13,16,18H,2-4,6-7,14-15H2,1H3,(H,29,32). The van der Waals surface area contributed by atoms with Crippen LogP contribution in [0.4, 0.5) is 13.2 Å². The van der Waals surface area contributed by atoms with Gasteiger partial charge in [-0.3, -0.25) is 4.79 Å². The lowest BCUT2D eigenvalue weighted by atomic mass is 9.95. The third-order valence-electron chi connectivity index (χ3n) is 5.93. The van der Waals surface area contributed by atoms with E-state index in [1.54, 1.807) is 24.4 Å². The number of carbonyl (C=O) groups is 1. The van der Waals surface area contributed by atoms with E-state index >= 15 is 0 Å². The zero-order valence-electron chi connectivity index (χ0n) is 18.4. The number of ether oxygens (including phenoxy) is 1. The van der Waals surface area contributed by atoms with Gasteiger partial charge >= 0.3 is 6.36 Å². The number of fused-ring (bicyclic) bond motifs is 1. The van der Waals surface area contributed by atoms with E-state index in [0.29, 0.717) is 24.1 Å². The quantitative estimate of drug-likeness (QED) is 0.518. The minimum Gasteiger partial charge on any atom is -0.406 e. The maximum atomic E-state index is 12.7. The van der Waals surface area contributed by atoms with Gasteiger partial charge in [0.15, 0.2) is 5.65 Å². The summed E-state index contributed by atoms with van der Waals surface area (Å²) in [6.07, 6.45) is 2.82. The van der Waals surface area contributed by atoms with Crippen molar-refractivity contribution >= 4 is 17.1 Å². The molecule has 0 radical (unpaired) electrons. The van der Waals surface area contributed by atoms with Crippen LogP contribution in [0.1, 0.15) is 62.8 Å². The molecule has 1 aromatic carbocycles. The topological polar surface area (TPSA) is 69.0 Å². The highest BCUT2D eigenvalue weighted by atomic mass is 19.4. The van der Waals surface area contributed by atoms with Crippen molar-refractivity contribution in [1.29, 1.82) is 0 Å². The SMILES string of the molecule is CC(CC(=O)NC1CCCCC1)c1nc2cccnc2n1Cc1ccc(OC(F)(F)F)cc1. The fraction of sp³-hybridized carbons (Fsp3) is 0.458. The Hall–Kier alpha value is -3.10. The van der Waals surface area contributed by atoms with Crippen LogP contribution >= 0.6 is 0 Å². The lowest BCUT2D eigenvalue weighted by Gasteiger charge is -2.23. The van der Waals surface area contributed by atoms with E-state index in [1.165, 1.54) is 18.6 Å². The van der Waals surface area contributed by atoms with Crippen LogP contribution in [0.3, 0.4) is 0 Å². The molecule has 1 fully saturated rings. The molecule has 2 heterocycles. The van der Waals surface area contributed by atoms with E-state index in [2.05, 4.69) is 15.0 Å². The molecule has 33 heavy (non-hydrogen) atoms. The molecule has 1 atom stereocenters. The van der Waals surface area contributed by atoms with Gasteiger partial charge in [0.2, 0.25) is 5.91 Å². The van der Waals surface area contributed by atoms with Crippen molar-refractivity contribution in [2.75, 3.05) is 0 Å². The summed E-state index contributed by atoms with van der Waals surface area (Å²) in [6, 6.07) is 9.65. The van der Waals surface area contributed by atoms with Crippen molar-refractivity contribution in [3.8, 4) is 5.75 Å². The van der Waals surface area contributed by atoms with Gasteiger partial charge in [-0.2, -0.15) is 0 Å². The second kappa shape index (κ2) is 9.80. The second-order valence-corrected chi connectivity index (χ2v) is 8.60. The number of rotatable bonds is 7. The van der Waals surface area contributed by atoms with E-state index in [4.69, 9.17) is 4.98 Å². The van der Waals surface area contributed by atoms with Crippen LogP contribution in [-0.4, -0.2) is 32.8 Å². The van der Waals surface area contributed by atoms with Crippen LogP contribution in [0.25, 0.3) is 11.2 Å². The summed E-state index contributed by atoms with van der Waals surface area (Å²) in [6.45, 7) is 2.32. The lowest BCUT2D eigenvalue weighted by molar-refractivity contribution is -0.274. The van der Waals surface area contributed by atoms with Crippen molar-refractivity contribution in [2.45, 2.75) is 70.3 Å². The largest absolute Gasteiger partial charge is 0.573 e. The zero-order chi connectivity index (χ0) is 23.4. The molecule has 3 aromatic rings. The molecule has 9 heteroatoms. The number of pyridine rings is 1. The van der Waals surface area contributed by atoms with Crippen molar-refractivity contribution in [3.63, 3.8) is 0 Å². The molecule has 6 nitrogen and oxygen atoms in total. The molecular weight excluding hydrogens is 433 g/mol. The first-order valence-electron chi connectivity index (χ1n) is 11.2. The predicted molar refractivity (Wildman–Crippen MR) is 118 cm³/mol. The number of nitrogens with one attached hydrogen (secondary N) is 1. The summed E-state index contributed by atoms with van der Waals surface area (Å²) in [4.78, 5) is 21.8. The molecule has 1 aliphatic carbocycles. The Morgan fingerprint density at radius 3 is 2.61 bits per heavy atom. The number of hydrogen-bond acceptors (Lipinski definition) is 4. The number of aromatic nitrogens is 3. The van der Waals surface area contributed by atoms with Gasteiger partial charge < -0.3 is 14.6 Å². The fourth-order valence-electron chi connectivity index (χ4n) is 4.39. The number of amides is 1. The van der Waals surface area contributed by atoms with Gasteiger partial charge in [0.25, 0.3) is 0 Å². The molecule has 0 aliphatic heterocycles. The number of halogens is 3. The highest BCUT2D eigenvalue weighted by Gasteiger charge is 2.31. The van der Waals surface area contributed by atoms with E-state index in [9.17, 15) is 18.0 Å². The molecular formula is C24H27F3N4O2. The fourth-order valence-corrected chi connectivity index (χ4v) is 4.39. The molecule has 1 amide bonds. The van der Waals surface area contributed by atoms with Crippen LogP contribution in [0, 0.1) is 0 Å². The Morgan fingerprint density at radius 1 is 1.18 bits per heavy atom. The highest BCUT2D eigenvalue weighted by Crippen LogP contribution is 2.27. The highest BCUT2D eigenvalue weighted by molar-refractivity contribution is 5.77. The Morgan fingerprint density at radius 2 is 1.91 bits per heavy atom. The van der Waals surface area contributed by atoms with Gasteiger partial charge in [-0.1, -0.05) is 38.3 Å². The Labute approximate surface area is 190 Å². The number of alkyl halides is 3. The summed E-state index contributed by atoms with van der Waals surface area (Å²) in [5.41, 5.74) is 2.15. The minimum absolute atomic E-state index is 0.00891. The molecule has 0 saturated heterocycles. The maximum absolute atomic E-state index is 12.7. The predicted octanol–water partition coefficient (Wildman–Crippen LogP) is 5.32. The lowest BCUT2D eigenvalue weighted by Crippen LogP contribution is -2.36. The van der Waals surface area contributed by atoms with Crippen molar-refractivity contribution < 1.29 is 22.7 Å². The smallest absolute Gasteiger partial charge is 0.406 e. The van der Waals surface area contributed by atoms with Crippen LogP contribution in [-0.2, 0) is 11.3 Å². The Kier molecular flexibility index (Phi) is 6.85. The minimum atomic E-state index is -4.73. The van der Waals surface area contributed by atoms with Gasteiger partial charge in [-0.05, 0) is 42.7 Å². The number of carbonyl (C=O) groups excluding carboxylic acids is 1. The third-order valence-corrected chi connectivity index (χ3v) is 5.93. The molecule has 0 bridgehead atoms. The van der Waals surface area contributed by atoms with Gasteiger partial charge in [0.1, 0.15) is 17.1 Å². The number of benzene rings is 1. The van der Waals surface area contributed by atoms with Crippen molar-refractivity contribution in [3.05, 3.63) is 54.0 Å². The first kappa shape index (κ1) is 23.1. The molecule has 1 aliphatic rings. The number of nitrogens with zero attached hydrogens (tertiary/aromatic N) is 3. The normalized spacial score (nSPS) is 16.0. The number of hydrogen-bond donors (Lipinski definition) is 1. The Balaban J connectivity index is 1.52. The number of imidazole rings is 1. The average molecular weight is 461 g/mol. The summed E-state index contributed by atoms with van der Waals surface area (Å²) in [5.74, 6) is 0.302. The van der Waals surface area contributed by atoms with Crippen molar-refractivity contribution in [2.24, 2.45) is 0 Å².